The van der Waals surface area contributed by atoms with Gasteiger partial charge in [0.2, 0.25) is 11.8 Å². The van der Waals surface area contributed by atoms with Crippen LogP contribution in [0.2, 0.25) is 0 Å². The molecule has 3 saturated heterocycles. The highest BCUT2D eigenvalue weighted by Gasteiger charge is 2.58. The van der Waals surface area contributed by atoms with Gasteiger partial charge in [-0.1, -0.05) is 30.7 Å². The number of epoxide rings is 1. The number of rotatable bonds is 11. The van der Waals surface area contributed by atoms with Gasteiger partial charge in [-0.2, -0.15) is 0 Å². The average molecular weight is 589 g/mol. The maximum Gasteiger partial charge on any atom is 0.303 e. The first-order chi connectivity index (χ1) is 19.9. The van der Waals surface area contributed by atoms with Gasteiger partial charge in [0.25, 0.3) is 0 Å². The minimum absolute atomic E-state index is 0.00124. The molecule has 1 spiro atoms. The Labute approximate surface area is 249 Å². The zero-order chi connectivity index (χ0) is 30.4. The van der Waals surface area contributed by atoms with Gasteiger partial charge in [-0.05, 0) is 64.9 Å². The summed E-state index contributed by atoms with van der Waals surface area (Å²) in [4.78, 5) is 35.9. The molecule has 0 bridgehead atoms. The van der Waals surface area contributed by atoms with Crippen LogP contribution in [0, 0.1) is 5.92 Å². The van der Waals surface area contributed by atoms with E-state index in [2.05, 4.69) is 23.6 Å². The molecule has 10 nitrogen and oxygen atoms in total. The summed E-state index contributed by atoms with van der Waals surface area (Å²) in [5.74, 6) is -0.409. The van der Waals surface area contributed by atoms with Gasteiger partial charge in [0.15, 0.2) is 0 Å². The van der Waals surface area contributed by atoms with Gasteiger partial charge in [-0.25, -0.2) is 0 Å². The van der Waals surface area contributed by atoms with Gasteiger partial charge in [0.1, 0.15) is 23.9 Å². The number of amides is 2. The van der Waals surface area contributed by atoms with E-state index in [4.69, 9.17) is 18.9 Å². The minimum atomic E-state index is -0.776. The van der Waals surface area contributed by atoms with Gasteiger partial charge in [-0.15, -0.1) is 0 Å². The summed E-state index contributed by atoms with van der Waals surface area (Å²) in [5, 5.41) is 17.0. The Morgan fingerprint density at radius 2 is 1.86 bits per heavy atom. The second-order valence-electron chi connectivity index (χ2n) is 12.5. The number of hydrogen-bond acceptors (Lipinski definition) is 8. The third-order valence-electron chi connectivity index (χ3n) is 8.81. The second kappa shape index (κ2) is 14.3. The van der Waals surface area contributed by atoms with E-state index in [1.54, 1.807) is 13.0 Å². The minimum Gasteiger partial charge on any atom is -0.459 e. The lowest BCUT2D eigenvalue weighted by Crippen LogP contribution is -2.51. The van der Waals surface area contributed by atoms with Crippen molar-refractivity contribution in [2.75, 3.05) is 6.61 Å². The molecule has 0 aromatic rings. The SMILES string of the molecule is CC(=O)O[C@@H](C)/C=C\C(=O)NC1CC(C)[C@H](C/C=C(C)/C=C/[C@H]2O[C@H](CC(=O)NC3CCC3)CC3(CO3)[C@@H]2O)OC1C. The van der Waals surface area contributed by atoms with Crippen molar-refractivity contribution in [3.8, 4) is 0 Å². The highest BCUT2D eigenvalue weighted by molar-refractivity contribution is 5.87. The normalized spacial score (nSPS) is 36.0. The molecule has 4 fully saturated rings. The van der Waals surface area contributed by atoms with Gasteiger partial charge < -0.3 is 34.7 Å². The number of carbonyl (C=O) groups is 3. The summed E-state index contributed by atoms with van der Waals surface area (Å²) in [5.41, 5.74) is 0.406. The number of ether oxygens (including phenoxy) is 4. The van der Waals surface area contributed by atoms with Crippen LogP contribution in [0.3, 0.4) is 0 Å². The van der Waals surface area contributed by atoms with E-state index in [1.165, 1.54) is 13.0 Å². The number of hydrogen-bond donors (Lipinski definition) is 3. The molecule has 1 aliphatic carbocycles. The lowest BCUT2D eigenvalue weighted by atomic mass is 9.87. The van der Waals surface area contributed by atoms with Gasteiger partial charge in [-0.3, -0.25) is 14.4 Å². The number of esters is 1. The lowest BCUT2D eigenvalue weighted by molar-refractivity contribution is -0.146. The molecule has 3 N–H and O–H groups in total. The van der Waals surface area contributed by atoms with Crippen molar-refractivity contribution in [2.45, 2.75) is 134 Å². The quantitative estimate of drug-likeness (QED) is 0.145. The Morgan fingerprint density at radius 3 is 2.50 bits per heavy atom. The number of nitrogens with one attached hydrogen (secondary N) is 2. The van der Waals surface area contributed by atoms with Crippen LogP contribution in [0.15, 0.2) is 36.0 Å². The third-order valence-corrected chi connectivity index (χ3v) is 8.81. The fraction of sp³-hybridized carbons (Fsp3) is 0.719. The molecule has 10 heteroatoms. The van der Waals surface area contributed by atoms with Crippen LogP contribution in [0.25, 0.3) is 0 Å². The lowest BCUT2D eigenvalue weighted by Gasteiger charge is -2.39. The maximum absolute atomic E-state index is 12.5. The van der Waals surface area contributed by atoms with Crippen molar-refractivity contribution >= 4 is 17.8 Å². The zero-order valence-corrected chi connectivity index (χ0v) is 25.5. The Balaban J connectivity index is 1.25. The molecule has 9 atom stereocenters. The number of carbonyl (C=O) groups excluding carboxylic acids is 3. The van der Waals surface area contributed by atoms with E-state index in [1.807, 2.05) is 26.0 Å². The van der Waals surface area contributed by atoms with Gasteiger partial charge >= 0.3 is 5.97 Å². The first kappa shape index (κ1) is 32.4. The molecule has 4 aliphatic rings. The molecule has 3 heterocycles. The molecule has 3 aliphatic heterocycles. The molecule has 0 aromatic heterocycles. The highest BCUT2D eigenvalue weighted by atomic mass is 16.6. The average Bonchev–Trinajstić information content (AvgIpc) is 3.67. The standard InChI is InChI=1S/C32H48N2O8/c1-19(9-12-27-20(2)15-26(22(4)41-27)34-29(36)14-11-21(3)40-23(5)35)10-13-28-31(38)32(18-39-32)17-25(42-28)16-30(37)33-24-7-6-8-24/h9-11,13-14,20-22,24-28,31,38H,6-8,12,15-18H2,1-5H3,(H,33,37)(H,34,36)/b13-10+,14-11-,19-9+/t20?,21-,22?,25+,26?,27-,28+,31+,32?/m0/s1. The third kappa shape index (κ3) is 8.99. The van der Waals surface area contributed by atoms with E-state index in [9.17, 15) is 19.5 Å². The van der Waals surface area contributed by atoms with Crippen molar-refractivity contribution in [3.63, 3.8) is 0 Å². The molecule has 42 heavy (non-hydrogen) atoms. The summed E-state index contributed by atoms with van der Waals surface area (Å²) in [6.07, 6.45) is 12.2. The van der Waals surface area contributed by atoms with E-state index >= 15 is 0 Å². The first-order valence-electron chi connectivity index (χ1n) is 15.4. The first-order valence-corrected chi connectivity index (χ1v) is 15.4. The predicted molar refractivity (Wildman–Crippen MR) is 156 cm³/mol. The van der Waals surface area contributed by atoms with Crippen LogP contribution < -0.4 is 10.6 Å². The van der Waals surface area contributed by atoms with Crippen LogP contribution in [-0.4, -0.2) is 83.8 Å². The largest absolute Gasteiger partial charge is 0.459 e. The van der Waals surface area contributed by atoms with Crippen LogP contribution in [-0.2, 0) is 33.3 Å². The van der Waals surface area contributed by atoms with Crippen molar-refractivity contribution in [3.05, 3.63) is 36.0 Å². The second-order valence-corrected chi connectivity index (χ2v) is 12.5. The molecule has 234 valence electrons. The predicted octanol–water partition coefficient (Wildman–Crippen LogP) is 3.03. The summed E-state index contributed by atoms with van der Waals surface area (Å²) >= 11 is 0. The molecule has 2 amide bonds. The van der Waals surface area contributed by atoms with Crippen LogP contribution in [0.1, 0.15) is 79.6 Å². The summed E-state index contributed by atoms with van der Waals surface area (Å²) < 4.78 is 23.1. The number of allylic oxidation sites excluding steroid dienone is 2. The molecule has 0 aromatic carbocycles. The van der Waals surface area contributed by atoms with Crippen LogP contribution in [0.4, 0.5) is 0 Å². The molecule has 4 unspecified atom stereocenters. The van der Waals surface area contributed by atoms with E-state index in [0.29, 0.717) is 19.4 Å². The van der Waals surface area contributed by atoms with Crippen molar-refractivity contribution < 1.29 is 38.4 Å². The Hall–Kier alpha value is -2.53. The smallest absolute Gasteiger partial charge is 0.303 e. The van der Waals surface area contributed by atoms with Gasteiger partial charge in [0, 0.05) is 25.5 Å². The molecular weight excluding hydrogens is 540 g/mol. The Kier molecular flexibility index (Phi) is 11.0. The molecule has 0 radical (unpaired) electrons. The number of aliphatic hydroxyl groups excluding tert-OH is 1. The fourth-order valence-electron chi connectivity index (χ4n) is 5.93. The number of aliphatic hydroxyl groups is 1. The maximum atomic E-state index is 12.5. The summed E-state index contributed by atoms with van der Waals surface area (Å²) in [7, 11) is 0. The zero-order valence-electron chi connectivity index (χ0n) is 25.5. The summed E-state index contributed by atoms with van der Waals surface area (Å²) in [6.45, 7) is 9.60. The van der Waals surface area contributed by atoms with E-state index in [-0.39, 0.29) is 54.5 Å². The monoisotopic (exact) mass is 588 g/mol. The van der Waals surface area contributed by atoms with Crippen molar-refractivity contribution in [2.24, 2.45) is 5.92 Å². The molecule has 4 rings (SSSR count). The van der Waals surface area contributed by atoms with Crippen LogP contribution in [0.5, 0.6) is 0 Å². The van der Waals surface area contributed by atoms with Gasteiger partial charge in [0.05, 0.1) is 37.4 Å². The van der Waals surface area contributed by atoms with E-state index < -0.39 is 29.9 Å². The fourth-order valence-corrected chi connectivity index (χ4v) is 5.93. The van der Waals surface area contributed by atoms with Crippen LogP contribution >= 0.6 is 0 Å². The molecular formula is C32H48N2O8. The Bertz CT molecular complexity index is 1060. The summed E-state index contributed by atoms with van der Waals surface area (Å²) in [6, 6.07) is 0.170. The Morgan fingerprint density at radius 1 is 1.12 bits per heavy atom. The van der Waals surface area contributed by atoms with Crippen molar-refractivity contribution in [1.82, 2.24) is 10.6 Å². The topological polar surface area (TPSA) is 136 Å². The van der Waals surface area contributed by atoms with E-state index in [0.717, 1.165) is 31.3 Å². The molecule has 1 saturated carbocycles. The highest BCUT2D eigenvalue weighted by Crippen LogP contribution is 2.43. The van der Waals surface area contributed by atoms with Crippen molar-refractivity contribution in [1.29, 1.82) is 0 Å².